The van der Waals surface area contributed by atoms with E-state index in [1.165, 1.54) is 31.2 Å². The Morgan fingerprint density at radius 1 is 1.43 bits per heavy atom. The summed E-state index contributed by atoms with van der Waals surface area (Å²) < 4.78 is 8.34. The molecule has 0 aromatic carbocycles. The Labute approximate surface area is 128 Å². The molecule has 0 amide bonds. The lowest BCUT2D eigenvalue weighted by Gasteiger charge is -2.38. The molecule has 2 aliphatic rings. The second-order valence-corrected chi connectivity index (χ2v) is 6.66. The zero-order chi connectivity index (χ0) is 14.7. The number of aromatic nitrogens is 2. The maximum Gasteiger partial charge on any atom is 0.0703 e. The summed E-state index contributed by atoms with van der Waals surface area (Å²) in [5.74, 6) is 0. The quantitative estimate of drug-likeness (QED) is 0.901. The first-order valence-corrected chi connectivity index (χ1v) is 8.68. The van der Waals surface area contributed by atoms with E-state index < -0.39 is 0 Å². The Balaban J connectivity index is 1.70. The van der Waals surface area contributed by atoms with Gasteiger partial charge in [-0.05, 0) is 38.6 Å². The molecular formula is C17H29N3O. The van der Waals surface area contributed by atoms with Crippen LogP contribution < -0.4 is 5.32 Å². The fraction of sp³-hybridized carbons (Fsp3) is 0.824. The van der Waals surface area contributed by atoms with Gasteiger partial charge in [0, 0.05) is 24.4 Å². The molecule has 1 aliphatic carbocycles. The van der Waals surface area contributed by atoms with Gasteiger partial charge in [0.2, 0.25) is 0 Å². The Hall–Kier alpha value is -0.870. The van der Waals surface area contributed by atoms with Gasteiger partial charge < -0.3 is 10.1 Å². The predicted octanol–water partition coefficient (Wildman–Crippen LogP) is 3.61. The second kappa shape index (κ2) is 6.49. The first-order chi connectivity index (χ1) is 10.3. The Morgan fingerprint density at radius 3 is 2.95 bits per heavy atom. The molecule has 4 nitrogen and oxygen atoms in total. The van der Waals surface area contributed by atoms with E-state index in [9.17, 15) is 0 Å². The average Bonchev–Trinajstić information content (AvgIpc) is 3.15. The maximum absolute atomic E-state index is 6.14. The topological polar surface area (TPSA) is 39.1 Å². The van der Waals surface area contributed by atoms with Crippen LogP contribution in [0.25, 0.3) is 0 Å². The molecular weight excluding hydrogens is 262 g/mol. The lowest BCUT2D eigenvalue weighted by molar-refractivity contribution is -0.0910. The largest absolute Gasteiger partial charge is 0.375 e. The van der Waals surface area contributed by atoms with E-state index in [1.807, 2.05) is 6.20 Å². The van der Waals surface area contributed by atoms with E-state index in [0.29, 0.717) is 12.1 Å². The third-order valence-corrected chi connectivity index (χ3v) is 5.24. The predicted molar refractivity (Wildman–Crippen MR) is 84.4 cm³/mol. The van der Waals surface area contributed by atoms with E-state index in [-0.39, 0.29) is 5.60 Å². The van der Waals surface area contributed by atoms with Gasteiger partial charge in [0.25, 0.3) is 0 Å². The molecule has 2 unspecified atom stereocenters. The Kier molecular flexibility index (Phi) is 4.65. The van der Waals surface area contributed by atoms with Crippen molar-refractivity contribution in [3.63, 3.8) is 0 Å². The van der Waals surface area contributed by atoms with Crippen molar-refractivity contribution in [1.82, 2.24) is 15.1 Å². The van der Waals surface area contributed by atoms with Crippen molar-refractivity contribution in [2.45, 2.75) is 76.5 Å². The van der Waals surface area contributed by atoms with Crippen molar-refractivity contribution in [3.05, 3.63) is 18.0 Å². The van der Waals surface area contributed by atoms with E-state index in [4.69, 9.17) is 4.74 Å². The summed E-state index contributed by atoms with van der Waals surface area (Å²) >= 11 is 0. The van der Waals surface area contributed by atoms with Gasteiger partial charge in [-0.2, -0.15) is 5.10 Å². The van der Waals surface area contributed by atoms with Gasteiger partial charge in [0.1, 0.15) is 0 Å². The molecule has 2 heterocycles. The zero-order valence-corrected chi connectivity index (χ0v) is 13.5. The number of nitrogens with zero attached hydrogens (tertiary/aromatic N) is 2. The molecule has 4 heteroatoms. The summed E-state index contributed by atoms with van der Waals surface area (Å²) in [6.45, 7) is 6.29. The van der Waals surface area contributed by atoms with E-state index >= 15 is 0 Å². The highest BCUT2D eigenvalue weighted by molar-refractivity contribution is 5.11. The number of hydrogen-bond acceptors (Lipinski definition) is 3. The molecule has 0 bridgehead atoms. The summed E-state index contributed by atoms with van der Waals surface area (Å²) in [6, 6.07) is 0.953. The molecule has 1 saturated heterocycles. The highest BCUT2D eigenvalue weighted by Gasteiger charge is 2.40. The molecule has 118 valence electrons. The summed E-state index contributed by atoms with van der Waals surface area (Å²) in [4.78, 5) is 0. The summed E-state index contributed by atoms with van der Waals surface area (Å²) in [7, 11) is 0. The molecule has 1 aromatic heterocycles. The Bertz CT molecular complexity index is 451. The van der Waals surface area contributed by atoms with E-state index in [2.05, 4.69) is 35.1 Å². The third kappa shape index (κ3) is 3.16. The number of ether oxygens (including phenoxy) is 1. The molecule has 1 saturated carbocycles. The van der Waals surface area contributed by atoms with Gasteiger partial charge in [0.15, 0.2) is 0 Å². The molecule has 1 aliphatic heterocycles. The van der Waals surface area contributed by atoms with Gasteiger partial charge in [-0.15, -0.1) is 0 Å². The van der Waals surface area contributed by atoms with Crippen LogP contribution >= 0.6 is 0 Å². The third-order valence-electron chi connectivity index (χ3n) is 5.24. The lowest BCUT2D eigenvalue weighted by Crippen LogP contribution is -2.38. The molecule has 0 radical (unpaired) electrons. The monoisotopic (exact) mass is 291 g/mol. The van der Waals surface area contributed by atoms with Gasteiger partial charge >= 0.3 is 0 Å². The van der Waals surface area contributed by atoms with Crippen molar-refractivity contribution >= 4 is 0 Å². The smallest absolute Gasteiger partial charge is 0.0703 e. The average molecular weight is 291 g/mol. The highest BCUT2D eigenvalue weighted by Crippen LogP contribution is 2.43. The van der Waals surface area contributed by atoms with Crippen LogP contribution in [0.1, 0.15) is 76.4 Å². The van der Waals surface area contributed by atoms with Crippen molar-refractivity contribution in [2.75, 3.05) is 13.2 Å². The number of hydrogen-bond donors (Lipinski definition) is 1. The minimum atomic E-state index is 0.168. The second-order valence-electron chi connectivity index (χ2n) is 6.66. The molecule has 2 atom stereocenters. The van der Waals surface area contributed by atoms with Gasteiger partial charge in [-0.1, -0.05) is 26.7 Å². The molecule has 3 rings (SSSR count). The van der Waals surface area contributed by atoms with Crippen LogP contribution in [0, 0.1) is 0 Å². The lowest BCUT2D eigenvalue weighted by atomic mass is 9.89. The van der Waals surface area contributed by atoms with E-state index in [1.54, 1.807) is 0 Å². The Morgan fingerprint density at radius 2 is 2.24 bits per heavy atom. The van der Waals surface area contributed by atoms with Crippen molar-refractivity contribution in [3.8, 4) is 0 Å². The van der Waals surface area contributed by atoms with Crippen LogP contribution in [0.15, 0.2) is 12.4 Å². The first-order valence-electron chi connectivity index (χ1n) is 8.68. The molecule has 1 spiro atoms. The molecule has 1 N–H and O–H groups in total. The SMILES string of the molecule is CCNC(CC)c1cnn(C2CCOC3(CCCC3)C2)c1. The minimum absolute atomic E-state index is 0.168. The van der Waals surface area contributed by atoms with Crippen LogP contribution in [-0.2, 0) is 4.74 Å². The van der Waals surface area contributed by atoms with Crippen LogP contribution in [0.3, 0.4) is 0 Å². The van der Waals surface area contributed by atoms with Gasteiger partial charge in [-0.3, -0.25) is 4.68 Å². The van der Waals surface area contributed by atoms with Crippen LogP contribution in [0.5, 0.6) is 0 Å². The van der Waals surface area contributed by atoms with Gasteiger partial charge in [0.05, 0.1) is 17.8 Å². The fourth-order valence-corrected chi connectivity index (χ4v) is 4.07. The standard InChI is InChI=1S/C17H29N3O/c1-3-16(18-4-2)14-12-19-20(13-14)15-7-10-21-17(11-15)8-5-6-9-17/h12-13,15-16,18H,3-11H2,1-2H3. The summed E-state index contributed by atoms with van der Waals surface area (Å²) in [6.07, 6.45) is 12.8. The fourth-order valence-electron chi connectivity index (χ4n) is 4.07. The maximum atomic E-state index is 6.14. The molecule has 2 fully saturated rings. The van der Waals surface area contributed by atoms with E-state index in [0.717, 1.165) is 32.4 Å². The summed E-state index contributed by atoms with van der Waals surface area (Å²) in [5.41, 5.74) is 1.49. The summed E-state index contributed by atoms with van der Waals surface area (Å²) in [5, 5.41) is 8.20. The van der Waals surface area contributed by atoms with Crippen LogP contribution in [0.2, 0.25) is 0 Å². The normalized spacial score (nSPS) is 26.3. The van der Waals surface area contributed by atoms with Crippen LogP contribution in [0.4, 0.5) is 0 Å². The van der Waals surface area contributed by atoms with Crippen LogP contribution in [-0.4, -0.2) is 28.5 Å². The van der Waals surface area contributed by atoms with Gasteiger partial charge in [-0.25, -0.2) is 0 Å². The minimum Gasteiger partial charge on any atom is -0.375 e. The molecule has 1 aromatic rings. The van der Waals surface area contributed by atoms with Crippen molar-refractivity contribution in [2.24, 2.45) is 0 Å². The van der Waals surface area contributed by atoms with Crippen molar-refractivity contribution < 1.29 is 4.74 Å². The first kappa shape index (κ1) is 15.0. The number of rotatable bonds is 5. The number of nitrogens with one attached hydrogen (secondary N) is 1. The zero-order valence-electron chi connectivity index (χ0n) is 13.5. The van der Waals surface area contributed by atoms with Crippen molar-refractivity contribution in [1.29, 1.82) is 0 Å². The highest BCUT2D eigenvalue weighted by atomic mass is 16.5. The molecule has 21 heavy (non-hydrogen) atoms.